The molecule has 0 fully saturated rings. The van der Waals surface area contributed by atoms with Crippen LogP contribution in [0.3, 0.4) is 0 Å². The molecular weight excluding hydrogens is 304 g/mol. The van der Waals surface area contributed by atoms with Gasteiger partial charge in [-0.2, -0.15) is 0 Å². The molecule has 1 N–H and O–H groups in total. The van der Waals surface area contributed by atoms with Crippen molar-refractivity contribution in [2.24, 2.45) is 0 Å². The average molecular weight is 324 g/mol. The van der Waals surface area contributed by atoms with Crippen molar-refractivity contribution in [3.05, 3.63) is 40.8 Å². The number of hydrogen-bond acceptors (Lipinski definition) is 5. The van der Waals surface area contributed by atoms with Gasteiger partial charge < -0.3 is 9.26 Å². The van der Waals surface area contributed by atoms with Crippen LogP contribution in [0.5, 0.6) is 5.75 Å². The van der Waals surface area contributed by atoms with Gasteiger partial charge in [-0.25, -0.2) is 13.1 Å². The van der Waals surface area contributed by atoms with Crippen molar-refractivity contribution in [3.63, 3.8) is 0 Å². The fraction of sp³-hybridized carbons (Fsp3) is 0.400. The van der Waals surface area contributed by atoms with Crippen LogP contribution in [0.25, 0.3) is 0 Å². The molecule has 2 aromatic rings. The van der Waals surface area contributed by atoms with Gasteiger partial charge in [0.2, 0.25) is 10.0 Å². The number of sulfonamides is 1. The first-order valence-electron chi connectivity index (χ1n) is 6.91. The molecule has 0 radical (unpaired) electrons. The van der Waals surface area contributed by atoms with Crippen LogP contribution in [0.15, 0.2) is 27.6 Å². The van der Waals surface area contributed by atoms with Crippen molar-refractivity contribution in [3.8, 4) is 5.75 Å². The number of rotatable bonds is 6. The Morgan fingerprint density at radius 3 is 2.59 bits per heavy atom. The van der Waals surface area contributed by atoms with Crippen LogP contribution in [0.4, 0.5) is 0 Å². The molecule has 0 atom stereocenters. The Hall–Kier alpha value is -1.86. The lowest BCUT2D eigenvalue weighted by molar-refractivity contribution is 0.392. The van der Waals surface area contributed by atoms with Crippen molar-refractivity contribution >= 4 is 10.0 Å². The largest absolute Gasteiger partial charge is 0.495 e. The lowest BCUT2D eigenvalue weighted by Gasteiger charge is -2.11. The summed E-state index contributed by atoms with van der Waals surface area (Å²) >= 11 is 0. The van der Waals surface area contributed by atoms with Gasteiger partial charge in [-0.15, -0.1) is 0 Å². The summed E-state index contributed by atoms with van der Waals surface area (Å²) in [7, 11) is -2.18. The van der Waals surface area contributed by atoms with Crippen molar-refractivity contribution in [1.29, 1.82) is 0 Å². The minimum absolute atomic E-state index is 0.147. The Kier molecular flexibility index (Phi) is 4.87. The fourth-order valence-electron chi connectivity index (χ4n) is 2.24. The maximum Gasteiger partial charge on any atom is 0.244 e. The van der Waals surface area contributed by atoms with Crippen molar-refractivity contribution in [2.75, 3.05) is 13.7 Å². The summed E-state index contributed by atoms with van der Waals surface area (Å²) in [5, 5.41) is 3.86. The molecule has 0 bridgehead atoms. The lowest BCUT2D eigenvalue weighted by Crippen LogP contribution is -2.26. The van der Waals surface area contributed by atoms with E-state index in [4.69, 9.17) is 9.26 Å². The third-order valence-electron chi connectivity index (χ3n) is 3.46. The van der Waals surface area contributed by atoms with Gasteiger partial charge in [0.25, 0.3) is 0 Å². The van der Waals surface area contributed by atoms with Crippen LogP contribution >= 0.6 is 0 Å². The zero-order valence-corrected chi connectivity index (χ0v) is 14.0. The Labute approximate surface area is 130 Å². The Bertz CT molecular complexity index is 746. The Morgan fingerprint density at radius 1 is 1.27 bits per heavy atom. The average Bonchev–Trinajstić information content (AvgIpc) is 2.79. The second-order valence-corrected chi connectivity index (χ2v) is 6.84. The SMILES string of the molecule is COc1ccc(C)cc1S(=O)(=O)NCCc1c(C)noc1C. The van der Waals surface area contributed by atoms with E-state index in [1.807, 2.05) is 26.8 Å². The summed E-state index contributed by atoms with van der Waals surface area (Å²) in [5.74, 6) is 1.04. The number of nitrogens with zero attached hydrogens (tertiary/aromatic N) is 1. The first-order valence-corrected chi connectivity index (χ1v) is 8.39. The van der Waals surface area contributed by atoms with Gasteiger partial charge in [-0.3, -0.25) is 0 Å². The van der Waals surface area contributed by atoms with E-state index in [-0.39, 0.29) is 11.4 Å². The minimum atomic E-state index is -3.63. The van der Waals surface area contributed by atoms with Gasteiger partial charge in [-0.05, 0) is 44.9 Å². The molecule has 0 saturated heterocycles. The molecule has 1 aromatic heterocycles. The maximum atomic E-state index is 12.4. The molecule has 0 unspecified atom stereocenters. The second-order valence-electron chi connectivity index (χ2n) is 5.10. The number of benzene rings is 1. The van der Waals surface area contributed by atoms with Crippen molar-refractivity contribution in [1.82, 2.24) is 9.88 Å². The van der Waals surface area contributed by atoms with Crippen molar-refractivity contribution in [2.45, 2.75) is 32.1 Å². The predicted molar refractivity (Wildman–Crippen MR) is 82.6 cm³/mol. The van der Waals surface area contributed by atoms with E-state index in [1.54, 1.807) is 12.1 Å². The number of methoxy groups -OCH3 is 1. The monoisotopic (exact) mass is 324 g/mol. The molecule has 0 aliphatic heterocycles. The van der Waals surface area contributed by atoms with Crippen LogP contribution < -0.4 is 9.46 Å². The predicted octanol–water partition coefficient (Wildman–Crippen LogP) is 2.13. The van der Waals surface area contributed by atoms with Crippen LogP contribution in [0.2, 0.25) is 0 Å². The highest BCUT2D eigenvalue weighted by Crippen LogP contribution is 2.24. The molecule has 2 rings (SSSR count). The Balaban J connectivity index is 2.14. The number of nitrogens with one attached hydrogen (secondary N) is 1. The molecule has 6 nitrogen and oxygen atoms in total. The quantitative estimate of drug-likeness (QED) is 0.880. The highest BCUT2D eigenvalue weighted by Gasteiger charge is 2.19. The van der Waals surface area contributed by atoms with E-state index in [9.17, 15) is 8.42 Å². The molecule has 1 aromatic carbocycles. The normalized spacial score (nSPS) is 11.6. The molecule has 22 heavy (non-hydrogen) atoms. The number of aromatic nitrogens is 1. The fourth-order valence-corrected chi connectivity index (χ4v) is 3.52. The first-order chi connectivity index (χ1) is 10.3. The molecular formula is C15H20N2O4S. The van der Waals surface area contributed by atoms with E-state index in [1.165, 1.54) is 7.11 Å². The van der Waals surface area contributed by atoms with E-state index in [2.05, 4.69) is 9.88 Å². The molecule has 0 amide bonds. The third-order valence-corrected chi connectivity index (χ3v) is 4.94. The zero-order chi connectivity index (χ0) is 16.3. The summed E-state index contributed by atoms with van der Waals surface area (Å²) in [4.78, 5) is 0.147. The van der Waals surface area contributed by atoms with E-state index in [0.717, 1.165) is 16.8 Å². The lowest BCUT2D eigenvalue weighted by atomic mass is 10.1. The summed E-state index contributed by atoms with van der Waals surface area (Å²) in [5.41, 5.74) is 2.57. The standard InChI is InChI=1S/C15H20N2O4S/c1-10-5-6-14(20-4)15(9-10)22(18,19)16-8-7-13-11(2)17-21-12(13)3/h5-6,9,16H,7-8H2,1-4H3. The van der Waals surface area contributed by atoms with Gasteiger partial charge in [0.1, 0.15) is 16.4 Å². The molecule has 0 aliphatic carbocycles. The van der Waals surface area contributed by atoms with Crippen LogP contribution in [0.1, 0.15) is 22.6 Å². The van der Waals surface area contributed by atoms with Crippen molar-refractivity contribution < 1.29 is 17.7 Å². The van der Waals surface area contributed by atoms with Gasteiger partial charge in [0.15, 0.2) is 0 Å². The first kappa shape index (κ1) is 16.5. The summed E-state index contributed by atoms with van der Waals surface area (Å²) < 4.78 is 37.7. The summed E-state index contributed by atoms with van der Waals surface area (Å²) in [6, 6.07) is 5.05. The Morgan fingerprint density at radius 2 is 2.00 bits per heavy atom. The second kappa shape index (κ2) is 6.50. The minimum Gasteiger partial charge on any atom is -0.495 e. The van der Waals surface area contributed by atoms with Gasteiger partial charge in [0.05, 0.1) is 12.8 Å². The number of ether oxygens (including phenoxy) is 1. The summed E-state index contributed by atoms with van der Waals surface area (Å²) in [6.07, 6.45) is 0.522. The van der Waals surface area contributed by atoms with Gasteiger partial charge in [0, 0.05) is 12.1 Å². The molecule has 7 heteroatoms. The molecule has 0 saturated carbocycles. The molecule has 0 spiro atoms. The van der Waals surface area contributed by atoms with Crippen LogP contribution in [0, 0.1) is 20.8 Å². The van der Waals surface area contributed by atoms with Gasteiger partial charge in [-0.1, -0.05) is 11.2 Å². The number of hydrogen-bond donors (Lipinski definition) is 1. The third kappa shape index (κ3) is 3.48. The summed E-state index contributed by atoms with van der Waals surface area (Å²) in [6.45, 7) is 5.75. The highest BCUT2D eigenvalue weighted by atomic mass is 32.2. The number of aryl methyl sites for hydroxylation is 3. The molecule has 1 heterocycles. The van der Waals surface area contributed by atoms with Crippen LogP contribution in [-0.2, 0) is 16.4 Å². The van der Waals surface area contributed by atoms with E-state index in [0.29, 0.717) is 17.9 Å². The zero-order valence-electron chi connectivity index (χ0n) is 13.1. The molecule has 120 valence electrons. The van der Waals surface area contributed by atoms with Crippen LogP contribution in [-0.4, -0.2) is 27.2 Å². The highest BCUT2D eigenvalue weighted by molar-refractivity contribution is 7.89. The molecule has 0 aliphatic rings. The smallest absolute Gasteiger partial charge is 0.244 e. The van der Waals surface area contributed by atoms with E-state index < -0.39 is 10.0 Å². The van der Waals surface area contributed by atoms with E-state index >= 15 is 0 Å². The maximum absolute atomic E-state index is 12.4. The topological polar surface area (TPSA) is 81.4 Å². The van der Waals surface area contributed by atoms with Gasteiger partial charge >= 0.3 is 0 Å².